The second-order valence-electron chi connectivity index (χ2n) is 3.71. The Morgan fingerprint density at radius 1 is 1.35 bits per heavy atom. The van der Waals surface area contributed by atoms with Gasteiger partial charge in [-0.2, -0.15) is 13.2 Å². The van der Waals surface area contributed by atoms with E-state index >= 15 is 0 Å². The molecule has 0 saturated carbocycles. The van der Waals surface area contributed by atoms with Gasteiger partial charge in [-0.3, -0.25) is 0 Å². The lowest BCUT2D eigenvalue weighted by molar-refractivity contribution is -0.133. The van der Waals surface area contributed by atoms with Gasteiger partial charge >= 0.3 is 6.18 Å². The van der Waals surface area contributed by atoms with Gasteiger partial charge in [-0.25, -0.2) is 4.39 Å². The van der Waals surface area contributed by atoms with E-state index in [4.69, 9.17) is 11.6 Å². The van der Waals surface area contributed by atoms with Crippen molar-refractivity contribution in [3.63, 3.8) is 0 Å². The fraction of sp³-hybridized carbons (Fsp3) is 0.455. The van der Waals surface area contributed by atoms with Crippen LogP contribution >= 0.6 is 11.6 Å². The average molecular weight is 270 g/mol. The van der Waals surface area contributed by atoms with E-state index in [1.807, 2.05) is 0 Å². The Morgan fingerprint density at radius 2 is 2.00 bits per heavy atom. The molecule has 0 aliphatic carbocycles. The molecule has 17 heavy (non-hydrogen) atoms. The lowest BCUT2D eigenvalue weighted by Gasteiger charge is -2.16. The van der Waals surface area contributed by atoms with Crippen LogP contribution < -0.4 is 5.32 Å². The van der Waals surface area contributed by atoms with Crippen LogP contribution in [0.4, 0.5) is 17.6 Å². The quantitative estimate of drug-likeness (QED) is 0.812. The lowest BCUT2D eigenvalue weighted by Crippen LogP contribution is -2.24. The van der Waals surface area contributed by atoms with Gasteiger partial charge in [0, 0.05) is 17.6 Å². The molecular formula is C11H12ClF4N. The van der Waals surface area contributed by atoms with Gasteiger partial charge in [0.2, 0.25) is 0 Å². The summed E-state index contributed by atoms with van der Waals surface area (Å²) in [6.07, 6.45) is -5.09. The number of nitrogens with one attached hydrogen (secondary N) is 1. The Labute approximate surface area is 102 Å². The van der Waals surface area contributed by atoms with Gasteiger partial charge in [0.25, 0.3) is 0 Å². The largest absolute Gasteiger partial charge is 0.390 e. The zero-order valence-electron chi connectivity index (χ0n) is 9.11. The Kier molecular flexibility index (Phi) is 4.77. The van der Waals surface area contributed by atoms with Gasteiger partial charge in [-0.1, -0.05) is 17.7 Å². The Morgan fingerprint density at radius 3 is 2.53 bits per heavy atom. The molecule has 0 bridgehead atoms. The summed E-state index contributed by atoms with van der Waals surface area (Å²) in [5.74, 6) is -0.471. The Bertz CT molecular complexity index is 378. The normalized spacial score (nSPS) is 13.8. The first kappa shape index (κ1) is 14.3. The number of hydrogen-bond acceptors (Lipinski definition) is 1. The summed E-state index contributed by atoms with van der Waals surface area (Å²) in [6, 6.07) is 3.47. The molecule has 0 radical (unpaired) electrons. The minimum atomic E-state index is -4.18. The van der Waals surface area contributed by atoms with Crippen molar-refractivity contribution in [2.45, 2.75) is 25.6 Å². The van der Waals surface area contributed by atoms with Gasteiger partial charge in [-0.15, -0.1) is 0 Å². The van der Waals surface area contributed by atoms with Crippen molar-refractivity contribution in [2.24, 2.45) is 0 Å². The van der Waals surface area contributed by atoms with Crippen molar-refractivity contribution in [1.29, 1.82) is 0 Å². The van der Waals surface area contributed by atoms with Gasteiger partial charge in [0.15, 0.2) is 0 Å². The predicted molar refractivity (Wildman–Crippen MR) is 58.5 cm³/mol. The molecule has 0 spiro atoms. The smallest absolute Gasteiger partial charge is 0.310 e. The van der Waals surface area contributed by atoms with E-state index in [0.717, 1.165) is 6.07 Å². The van der Waals surface area contributed by atoms with Crippen LogP contribution in [-0.2, 0) is 0 Å². The highest BCUT2D eigenvalue weighted by atomic mass is 35.5. The summed E-state index contributed by atoms with van der Waals surface area (Å²) in [5.41, 5.74) is 0.579. The maximum absolute atomic E-state index is 12.8. The van der Waals surface area contributed by atoms with E-state index < -0.39 is 18.4 Å². The maximum Gasteiger partial charge on any atom is 0.390 e. The maximum atomic E-state index is 12.8. The molecule has 0 aliphatic heterocycles. The minimum Gasteiger partial charge on any atom is -0.310 e. The van der Waals surface area contributed by atoms with Crippen LogP contribution in [0.2, 0.25) is 5.02 Å². The number of halogens is 5. The second kappa shape index (κ2) is 5.69. The van der Waals surface area contributed by atoms with Crippen LogP contribution in [0.1, 0.15) is 24.9 Å². The Hall–Kier alpha value is -0.810. The molecule has 1 atom stereocenters. The van der Waals surface area contributed by atoms with Crippen LogP contribution in [0.25, 0.3) is 0 Å². The molecule has 1 N–H and O–H groups in total. The summed E-state index contributed by atoms with van der Waals surface area (Å²) >= 11 is 5.79. The number of rotatable bonds is 4. The lowest BCUT2D eigenvalue weighted by atomic mass is 10.1. The van der Waals surface area contributed by atoms with Crippen LogP contribution in [0.5, 0.6) is 0 Å². The molecule has 1 rings (SSSR count). The van der Waals surface area contributed by atoms with Gasteiger partial charge < -0.3 is 5.32 Å². The minimum absolute atomic E-state index is 0.196. The summed E-state index contributed by atoms with van der Waals surface area (Å²) in [7, 11) is 0. The summed E-state index contributed by atoms with van der Waals surface area (Å²) in [4.78, 5) is 0. The molecule has 1 aromatic rings. The summed E-state index contributed by atoms with van der Waals surface area (Å²) < 4.78 is 48.5. The third-order valence-corrected chi connectivity index (χ3v) is 2.62. The summed E-state index contributed by atoms with van der Waals surface area (Å²) in [6.45, 7) is 1.48. The van der Waals surface area contributed by atoms with Crippen molar-refractivity contribution >= 4 is 11.6 Å². The van der Waals surface area contributed by atoms with Crippen molar-refractivity contribution in [3.05, 3.63) is 34.6 Å². The van der Waals surface area contributed by atoms with E-state index in [1.165, 1.54) is 12.1 Å². The van der Waals surface area contributed by atoms with E-state index in [1.54, 1.807) is 6.92 Å². The molecule has 6 heteroatoms. The number of alkyl halides is 3. The molecule has 0 fully saturated rings. The summed E-state index contributed by atoms with van der Waals surface area (Å²) in [5, 5.41) is 2.89. The average Bonchev–Trinajstić information content (AvgIpc) is 2.15. The van der Waals surface area contributed by atoms with Crippen LogP contribution in [-0.4, -0.2) is 12.7 Å². The topological polar surface area (TPSA) is 12.0 Å². The molecule has 0 heterocycles. The van der Waals surface area contributed by atoms with Gasteiger partial charge in [-0.05, 0) is 24.6 Å². The fourth-order valence-electron chi connectivity index (χ4n) is 1.39. The third-order valence-electron chi connectivity index (χ3n) is 2.29. The molecular weight excluding hydrogens is 258 g/mol. The van der Waals surface area contributed by atoms with Gasteiger partial charge in [0.05, 0.1) is 6.42 Å². The highest BCUT2D eigenvalue weighted by Gasteiger charge is 2.26. The van der Waals surface area contributed by atoms with E-state index in [0.29, 0.717) is 5.56 Å². The zero-order chi connectivity index (χ0) is 13.1. The number of benzene rings is 1. The van der Waals surface area contributed by atoms with Crippen molar-refractivity contribution < 1.29 is 17.6 Å². The first-order chi connectivity index (χ1) is 7.79. The second-order valence-corrected chi connectivity index (χ2v) is 4.11. The monoisotopic (exact) mass is 269 g/mol. The molecule has 0 aromatic heterocycles. The van der Waals surface area contributed by atoms with Crippen molar-refractivity contribution in [3.8, 4) is 0 Å². The molecule has 0 aliphatic rings. The SMILES string of the molecule is CC(NCCC(F)(F)F)c1ccc(F)cc1Cl. The highest BCUT2D eigenvalue weighted by molar-refractivity contribution is 6.31. The van der Waals surface area contributed by atoms with Crippen LogP contribution in [0.15, 0.2) is 18.2 Å². The number of hydrogen-bond donors (Lipinski definition) is 1. The molecule has 1 nitrogen and oxygen atoms in total. The highest BCUT2D eigenvalue weighted by Crippen LogP contribution is 2.24. The standard InChI is InChI=1S/C11H12ClF4N/c1-7(17-5-4-11(14,15)16)9-3-2-8(13)6-10(9)12/h2-3,6-7,17H,4-5H2,1H3. The first-order valence-electron chi connectivity index (χ1n) is 5.04. The predicted octanol–water partition coefficient (Wildman–Crippen LogP) is 4.08. The molecule has 1 aromatic carbocycles. The van der Waals surface area contributed by atoms with Crippen LogP contribution in [0.3, 0.4) is 0 Å². The fourth-order valence-corrected chi connectivity index (χ4v) is 1.72. The van der Waals surface area contributed by atoms with Gasteiger partial charge in [0.1, 0.15) is 5.82 Å². The van der Waals surface area contributed by atoms with E-state index in [2.05, 4.69) is 5.32 Å². The molecule has 1 unspecified atom stereocenters. The van der Waals surface area contributed by atoms with E-state index in [-0.39, 0.29) is 17.6 Å². The molecule has 0 amide bonds. The van der Waals surface area contributed by atoms with Crippen molar-refractivity contribution in [2.75, 3.05) is 6.54 Å². The van der Waals surface area contributed by atoms with Crippen LogP contribution in [0, 0.1) is 5.82 Å². The third kappa shape index (κ3) is 4.91. The van der Waals surface area contributed by atoms with Crippen molar-refractivity contribution in [1.82, 2.24) is 5.32 Å². The molecule has 0 saturated heterocycles. The Balaban J connectivity index is 2.55. The molecule has 96 valence electrons. The first-order valence-corrected chi connectivity index (χ1v) is 5.42. The zero-order valence-corrected chi connectivity index (χ0v) is 9.87. The van der Waals surface area contributed by atoms with E-state index in [9.17, 15) is 17.6 Å².